The highest BCUT2D eigenvalue weighted by molar-refractivity contribution is 7.91. The average Bonchev–Trinajstić information content (AvgIpc) is 2.27. The molecule has 0 amide bonds. The maximum absolute atomic E-state index is 12.0. The molecule has 0 saturated carbocycles. The predicted octanol–water partition coefficient (Wildman–Crippen LogP) is 2.46. The second-order valence-electron chi connectivity index (χ2n) is 5.11. The molecule has 0 aromatic heterocycles. The van der Waals surface area contributed by atoms with Crippen molar-refractivity contribution in [1.82, 2.24) is 0 Å². The Labute approximate surface area is 110 Å². The fourth-order valence-electron chi connectivity index (χ4n) is 1.89. The highest BCUT2D eigenvalue weighted by atomic mass is 32.2. The van der Waals surface area contributed by atoms with E-state index in [4.69, 9.17) is 5.73 Å². The van der Waals surface area contributed by atoms with Crippen LogP contribution >= 0.6 is 0 Å². The van der Waals surface area contributed by atoms with E-state index in [-0.39, 0.29) is 17.4 Å². The Morgan fingerprint density at radius 1 is 1.28 bits per heavy atom. The molecule has 0 radical (unpaired) electrons. The van der Waals surface area contributed by atoms with Crippen LogP contribution in [-0.4, -0.2) is 19.9 Å². The van der Waals surface area contributed by atoms with Crippen LogP contribution in [0.15, 0.2) is 24.3 Å². The van der Waals surface area contributed by atoms with Crippen molar-refractivity contribution in [3.8, 4) is 0 Å². The van der Waals surface area contributed by atoms with Crippen LogP contribution in [0.4, 0.5) is 0 Å². The summed E-state index contributed by atoms with van der Waals surface area (Å²) in [6, 6.07) is 7.29. The fraction of sp³-hybridized carbons (Fsp3) is 0.571. The molecule has 0 fully saturated rings. The highest BCUT2D eigenvalue weighted by Gasteiger charge is 2.19. The Morgan fingerprint density at radius 3 is 2.50 bits per heavy atom. The first-order valence-corrected chi connectivity index (χ1v) is 8.18. The lowest BCUT2D eigenvalue weighted by molar-refractivity contribution is 0.559. The molecule has 0 aliphatic carbocycles. The molecule has 102 valence electrons. The Hall–Kier alpha value is -0.870. The summed E-state index contributed by atoms with van der Waals surface area (Å²) in [5.41, 5.74) is 7.98. The molecule has 1 aromatic carbocycles. The number of nitrogens with two attached hydrogens (primary N) is 1. The first kappa shape index (κ1) is 15.2. The Balaban J connectivity index is 2.72. The number of rotatable bonds is 6. The monoisotopic (exact) mass is 269 g/mol. The molecule has 0 heterocycles. The van der Waals surface area contributed by atoms with Crippen LogP contribution < -0.4 is 5.73 Å². The molecule has 0 saturated heterocycles. The largest absolute Gasteiger partial charge is 0.323 e. The van der Waals surface area contributed by atoms with Crippen molar-refractivity contribution < 1.29 is 8.42 Å². The summed E-state index contributed by atoms with van der Waals surface area (Å²) < 4.78 is 24.0. The van der Waals surface area contributed by atoms with E-state index < -0.39 is 15.9 Å². The third kappa shape index (κ3) is 4.78. The molecule has 2 unspecified atom stereocenters. The summed E-state index contributed by atoms with van der Waals surface area (Å²) in [7, 11) is -3.08. The molecule has 0 spiro atoms. The Bertz CT molecular complexity index is 482. The van der Waals surface area contributed by atoms with Gasteiger partial charge in [-0.05, 0) is 18.4 Å². The zero-order chi connectivity index (χ0) is 13.8. The molecular weight excluding hydrogens is 246 g/mol. The lowest BCUT2D eigenvalue weighted by atomic mass is 10.1. The molecule has 1 rings (SSSR count). The number of hydrogen-bond donors (Lipinski definition) is 1. The minimum Gasteiger partial charge on any atom is -0.323 e. The fourth-order valence-corrected chi connectivity index (χ4v) is 3.87. The quantitative estimate of drug-likeness (QED) is 0.863. The van der Waals surface area contributed by atoms with E-state index in [1.165, 1.54) is 0 Å². The van der Waals surface area contributed by atoms with Gasteiger partial charge in [0, 0.05) is 6.04 Å². The maximum Gasteiger partial charge on any atom is 0.152 e. The van der Waals surface area contributed by atoms with Crippen LogP contribution in [0.1, 0.15) is 37.4 Å². The SMILES string of the molecule is CCC(C)CS(=O)(=O)CC(N)c1cccc(C)c1. The molecule has 2 atom stereocenters. The van der Waals surface area contributed by atoms with Crippen LogP contribution in [0.25, 0.3) is 0 Å². The smallest absolute Gasteiger partial charge is 0.152 e. The first-order chi connectivity index (χ1) is 8.34. The summed E-state index contributed by atoms with van der Waals surface area (Å²) in [6.45, 7) is 5.93. The van der Waals surface area contributed by atoms with Crippen LogP contribution in [0.3, 0.4) is 0 Å². The van der Waals surface area contributed by atoms with Gasteiger partial charge in [-0.2, -0.15) is 0 Å². The maximum atomic E-state index is 12.0. The van der Waals surface area contributed by atoms with Crippen LogP contribution in [0.2, 0.25) is 0 Å². The van der Waals surface area contributed by atoms with Gasteiger partial charge in [0.25, 0.3) is 0 Å². The van der Waals surface area contributed by atoms with E-state index in [1.807, 2.05) is 45.0 Å². The third-order valence-electron chi connectivity index (χ3n) is 3.14. The van der Waals surface area contributed by atoms with Crippen molar-refractivity contribution in [2.75, 3.05) is 11.5 Å². The van der Waals surface area contributed by atoms with E-state index in [0.717, 1.165) is 17.5 Å². The standard InChI is InChI=1S/C14H23NO2S/c1-4-11(2)9-18(16,17)10-14(15)13-7-5-6-12(3)8-13/h5-8,11,14H,4,9-10,15H2,1-3H3. The molecule has 18 heavy (non-hydrogen) atoms. The predicted molar refractivity (Wildman–Crippen MR) is 76.2 cm³/mol. The van der Waals surface area contributed by atoms with Crippen molar-refractivity contribution in [2.24, 2.45) is 11.7 Å². The Morgan fingerprint density at radius 2 is 1.94 bits per heavy atom. The van der Waals surface area contributed by atoms with Gasteiger partial charge < -0.3 is 5.73 Å². The molecular formula is C14H23NO2S. The van der Waals surface area contributed by atoms with Gasteiger partial charge >= 0.3 is 0 Å². The topological polar surface area (TPSA) is 60.2 Å². The molecule has 3 nitrogen and oxygen atoms in total. The molecule has 0 aliphatic heterocycles. The Kier molecular flexibility index (Phi) is 5.35. The lowest BCUT2D eigenvalue weighted by Crippen LogP contribution is -2.25. The summed E-state index contributed by atoms with van der Waals surface area (Å²) in [6.07, 6.45) is 0.874. The van der Waals surface area contributed by atoms with Crippen LogP contribution in [0.5, 0.6) is 0 Å². The third-order valence-corrected chi connectivity index (χ3v) is 5.08. The van der Waals surface area contributed by atoms with Gasteiger partial charge in [-0.15, -0.1) is 0 Å². The molecule has 4 heteroatoms. The van der Waals surface area contributed by atoms with Gasteiger partial charge in [0.1, 0.15) is 0 Å². The van der Waals surface area contributed by atoms with Crippen molar-refractivity contribution in [3.63, 3.8) is 0 Å². The van der Waals surface area contributed by atoms with Crippen LogP contribution in [0, 0.1) is 12.8 Å². The van der Waals surface area contributed by atoms with Gasteiger partial charge in [0.15, 0.2) is 9.84 Å². The lowest BCUT2D eigenvalue weighted by Gasteiger charge is -2.15. The summed E-state index contributed by atoms with van der Waals surface area (Å²) >= 11 is 0. The summed E-state index contributed by atoms with van der Waals surface area (Å²) in [5.74, 6) is 0.448. The average molecular weight is 269 g/mol. The number of benzene rings is 1. The van der Waals surface area contributed by atoms with E-state index in [0.29, 0.717) is 0 Å². The molecule has 2 N–H and O–H groups in total. The van der Waals surface area contributed by atoms with Crippen LogP contribution in [-0.2, 0) is 9.84 Å². The molecule has 0 bridgehead atoms. The number of aryl methyl sites for hydroxylation is 1. The first-order valence-electron chi connectivity index (χ1n) is 6.36. The second kappa shape index (κ2) is 6.34. The van der Waals surface area contributed by atoms with Gasteiger partial charge in [-0.1, -0.05) is 50.1 Å². The zero-order valence-corrected chi connectivity index (χ0v) is 12.2. The van der Waals surface area contributed by atoms with E-state index in [9.17, 15) is 8.42 Å². The highest BCUT2D eigenvalue weighted by Crippen LogP contribution is 2.16. The molecule has 1 aromatic rings. The number of sulfone groups is 1. The minimum atomic E-state index is -3.08. The summed E-state index contributed by atoms with van der Waals surface area (Å²) in [4.78, 5) is 0. The minimum absolute atomic E-state index is 0.0286. The van der Waals surface area contributed by atoms with E-state index in [2.05, 4.69) is 0 Å². The zero-order valence-electron chi connectivity index (χ0n) is 11.4. The molecule has 0 aliphatic rings. The van der Waals surface area contributed by atoms with Gasteiger partial charge in [-0.3, -0.25) is 0 Å². The van der Waals surface area contributed by atoms with E-state index >= 15 is 0 Å². The van der Waals surface area contributed by atoms with Crippen molar-refractivity contribution in [1.29, 1.82) is 0 Å². The number of hydrogen-bond acceptors (Lipinski definition) is 3. The second-order valence-corrected chi connectivity index (χ2v) is 7.26. The normalized spacial score (nSPS) is 15.3. The van der Waals surface area contributed by atoms with E-state index in [1.54, 1.807) is 0 Å². The summed E-state index contributed by atoms with van der Waals surface area (Å²) in [5, 5.41) is 0. The van der Waals surface area contributed by atoms with Gasteiger partial charge in [0.2, 0.25) is 0 Å². The van der Waals surface area contributed by atoms with Gasteiger partial charge in [-0.25, -0.2) is 8.42 Å². The van der Waals surface area contributed by atoms with Crippen molar-refractivity contribution in [3.05, 3.63) is 35.4 Å². The van der Waals surface area contributed by atoms with Crippen molar-refractivity contribution >= 4 is 9.84 Å². The van der Waals surface area contributed by atoms with Crippen molar-refractivity contribution in [2.45, 2.75) is 33.2 Å². The van der Waals surface area contributed by atoms with Gasteiger partial charge in [0.05, 0.1) is 11.5 Å².